The SMILES string of the molecule is C=CCN(CC=C)Cc1nnc(N)s1. The van der Waals surface area contributed by atoms with Gasteiger partial charge in [-0.1, -0.05) is 23.5 Å². The second kappa shape index (κ2) is 5.51. The van der Waals surface area contributed by atoms with Crippen molar-refractivity contribution >= 4 is 16.5 Å². The fraction of sp³-hybridized carbons (Fsp3) is 0.333. The first kappa shape index (κ1) is 10.9. The summed E-state index contributed by atoms with van der Waals surface area (Å²) in [6.45, 7) is 9.76. The molecule has 1 aromatic rings. The molecular formula is C9H14N4S. The van der Waals surface area contributed by atoms with Gasteiger partial charge in [-0.05, 0) is 0 Å². The van der Waals surface area contributed by atoms with Crippen molar-refractivity contribution in [1.29, 1.82) is 0 Å². The molecule has 1 heterocycles. The second-order valence-electron chi connectivity index (χ2n) is 2.81. The van der Waals surface area contributed by atoms with E-state index in [-0.39, 0.29) is 0 Å². The Morgan fingerprint density at radius 2 is 1.93 bits per heavy atom. The van der Waals surface area contributed by atoms with Crippen molar-refractivity contribution in [1.82, 2.24) is 15.1 Å². The zero-order chi connectivity index (χ0) is 10.4. The lowest BCUT2D eigenvalue weighted by atomic mass is 10.4. The zero-order valence-corrected chi connectivity index (χ0v) is 8.83. The lowest BCUT2D eigenvalue weighted by Gasteiger charge is -2.16. The number of hydrogen-bond donors (Lipinski definition) is 1. The van der Waals surface area contributed by atoms with Crippen LogP contribution in [0, 0.1) is 0 Å². The average Bonchev–Trinajstić information content (AvgIpc) is 2.52. The van der Waals surface area contributed by atoms with Gasteiger partial charge in [-0.25, -0.2) is 0 Å². The van der Waals surface area contributed by atoms with Crippen molar-refractivity contribution in [2.75, 3.05) is 18.8 Å². The van der Waals surface area contributed by atoms with Gasteiger partial charge in [0, 0.05) is 13.1 Å². The van der Waals surface area contributed by atoms with Gasteiger partial charge in [0.25, 0.3) is 0 Å². The molecule has 5 heteroatoms. The Hall–Kier alpha value is -1.20. The maximum Gasteiger partial charge on any atom is 0.203 e. The summed E-state index contributed by atoms with van der Waals surface area (Å²) in [7, 11) is 0. The highest BCUT2D eigenvalue weighted by Crippen LogP contribution is 2.13. The highest BCUT2D eigenvalue weighted by atomic mass is 32.1. The number of aromatic nitrogens is 2. The van der Waals surface area contributed by atoms with E-state index in [1.165, 1.54) is 11.3 Å². The summed E-state index contributed by atoms with van der Waals surface area (Å²) in [6.07, 6.45) is 3.71. The van der Waals surface area contributed by atoms with Crippen LogP contribution in [0.3, 0.4) is 0 Å². The lowest BCUT2D eigenvalue weighted by Crippen LogP contribution is -2.23. The molecule has 0 atom stereocenters. The minimum Gasteiger partial charge on any atom is -0.374 e. The van der Waals surface area contributed by atoms with E-state index in [0.29, 0.717) is 5.13 Å². The predicted molar refractivity (Wildman–Crippen MR) is 60.0 cm³/mol. The average molecular weight is 210 g/mol. The number of nitrogens with zero attached hydrogens (tertiary/aromatic N) is 3. The number of nitrogen functional groups attached to an aromatic ring is 1. The molecule has 0 aromatic carbocycles. The van der Waals surface area contributed by atoms with Crippen LogP contribution in [0.15, 0.2) is 25.3 Å². The predicted octanol–water partition coefficient (Wildman–Crippen LogP) is 1.29. The molecule has 0 saturated carbocycles. The monoisotopic (exact) mass is 210 g/mol. The van der Waals surface area contributed by atoms with Crippen molar-refractivity contribution in [3.05, 3.63) is 30.3 Å². The van der Waals surface area contributed by atoms with Gasteiger partial charge >= 0.3 is 0 Å². The van der Waals surface area contributed by atoms with E-state index in [1.54, 1.807) is 0 Å². The van der Waals surface area contributed by atoms with Gasteiger partial charge in [0.15, 0.2) is 0 Å². The molecule has 4 nitrogen and oxygen atoms in total. The lowest BCUT2D eigenvalue weighted by molar-refractivity contribution is 0.326. The van der Waals surface area contributed by atoms with E-state index >= 15 is 0 Å². The van der Waals surface area contributed by atoms with Crippen LogP contribution in [0.1, 0.15) is 5.01 Å². The van der Waals surface area contributed by atoms with E-state index in [4.69, 9.17) is 5.73 Å². The van der Waals surface area contributed by atoms with Crippen molar-refractivity contribution in [2.45, 2.75) is 6.54 Å². The van der Waals surface area contributed by atoms with Gasteiger partial charge in [-0.15, -0.1) is 23.4 Å². The van der Waals surface area contributed by atoms with E-state index in [0.717, 1.165) is 24.6 Å². The van der Waals surface area contributed by atoms with Gasteiger partial charge in [0.05, 0.1) is 6.54 Å². The Labute approximate surface area is 87.8 Å². The molecule has 0 saturated heterocycles. The van der Waals surface area contributed by atoms with Crippen molar-refractivity contribution in [3.63, 3.8) is 0 Å². The smallest absolute Gasteiger partial charge is 0.203 e. The highest BCUT2D eigenvalue weighted by Gasteiger charge is 2.06. The second-order valence-corrected chi connectivity index (χ2v) is 3.90. The number of rotatable bonds is 6. The van der Waals surface area contributed by atoms with E-state index in [1.807, 2.05) is 12.2 Å². The number of hydrogen-bond acceptors (Lipinski definition) is 5. The maximum atomic E-state index is 5.49. The summed E-state index contributed by atoms with van der Waals surface area (Å²) < 4.78 is 0. The van der Waals surface area contributed by atoms with Crippen LogP contribution >= 0.6 is 11.3 Å². The van der Waals surface area contributed by atoms with Gasteiger partial charge in [0.1, 0.15) is 5.01 Å². The quantitative estimate of drug-likeness (QED) is 0.719. The van der Waals surface area contributed by atoms with Crippen LogP contribution in [-0.2, 0) is 6.54 Å². The first-order valence-corrected chi connectivity index (χ1v) is 5.10. The fourth-order valence-electron chi connectivity index (χ4n) is 1.09. The Morgan fingerprint density at radius 1 is 1.29 bits per heavy atom. The zero-order valence-electron chi connectivity index (χ0n) is 8.02. The summed E-state index contributed by atoms with van der Waals surface area (Å²) in [5.74, 6) is 0. The minimum atomic E-state index is 0.511. The third kappa shape index (κ3) is 3.27. The molecule has 1 aromatic heterocycles. The topological polar surface area (TPSA) is 55.0 Å². The van der Waals surface area contributed by atoms with Crippen LogP contribution < -0.4 is 5.73 Å². The molecule has 76 valence electrons. The summed E-state index contributed by atoms with van der Waals surface area (Å²) in [6, 6.07) is 0. The molecular weight excluding hydrogens is 196 g/mol. The molecule has 0 aliphatic heterocycles. The van der Waals surface area contributed by atoms with Crippen LogP contribution in [0.5, 0.6) is 0 Å². The van der Waals surface area contributed by atoms with Gasteiger partial charge in [0.2, 0.25) is 5.13 Å². The molecule has 0 aliphatic carbocycles. The highest BCUT2D eigenvalue weighted by molar-refractivity contribution is 7.15. The summed E-state index contributed by atoms with van der Waals surface area (Å²) in [5, 5.41) is 9.14. The number of nitrogens with two attached hydrogens (primary N) is 1. The van der Waals surface area contributed by atoms with Crippen LogP contribution in [-0.4, -0.2) is 28.2 Å². The normalized spacial score (nSPS) is 10.4. The van der Waals surface area contributed by atoms with Gasteiger partial charge in [-0.2, -0.15) is 0 Å². The standard InChI is InChI=1S/C9H14N4S/c1-3-5-13(6-4-2)7-8-11-12-9(10)14-8/h3-4H,1-2,5-7H2,(H2,10,12). The van der Waals surface area contributed by atoms with Gasteiger partial charge in [-0.3, -0.25) is 4.90 Å². The Morgan fingerprint density at radius 3 is 2.36 bits per heavy atom. The molecule has 0 spiro atoms. The number of anilines is 1. The van der Waals surface area contributed by atoms with Crippen molar-refractivity contribution in [2.24, 2.45) is 0 Å². The molecule has 1 rings (SSSR count). The largest absolute Gasteiger partial charge is 0.374 e. The summed E-state index contributed by atoms with van der Waals surface area (Å²) >= 11 is 1.41. The molecule has 0 aliphatic rings. The minimum absolute atomic E-state index is 0.511. The Bertz CT molecular complexity index is 298. The van der Waals surface area contributed by atoms with Crippen LogP contribution in [0.2, 0.25) is 0 Å². The maximum absolute atomic E-state index is 5.49. The van der Waals surface area contributed by atoms with Crippen LogP contribution in [0.25, 0.3) is 0 Å². The Kier molecular flexibility index (Phi) is 4.28. The Balaban J connectivity index is 2.53. The van der Waals surface area contributed by atoms with E-state index in [9.17, 15) is 0 Å². The molecule has 14 heavy (non-hydrogen) atoms. The molecule has 0 fully saturated rings. The van der Waals surface area contributed by atoms with E-state index in [2.05, 4.69) is 28.3 Å². The molecule has 0 amide bonds. The summed E-state index contributed by atoms with van der Waals surface area (Å²) in [4.78, 5) is 2.15. The molecule has 0 bridgehead atoms. The third-order valence-corrected chi connectivity index (χ3v) is 2.35. The van der Waals surface area contributed by atoms with Crippen molar-refractivity contribution in [3.8, 4) is 0 Å². The van der Waals surface area contributed by atoms with E-state index < -0.39 is 0 Å². The molecule has 2 N–H and O–H groups in total. The van der Waals surface area contributed by atoms with Gasteiger partial charge < -0.3 is 5.73 Å². The summed E-state index contributed by atoms with van der Waals surface area (Å²) in [5.41, 5.74) is 5.49. The first-order chi connectivity index (χ1) is 6.76. The third-order valence-electron chi connectivity index (χ3n) is 1.62. The van der Waals surface area contributed by atoms with Crippen molar-refractivity contribution < 1.29 is 0 Å². The van der Waals surface area contributed by atoms with Crippen LogP contribution in [0.4, 0.5) is 5.13 Å². The molecule has 0 radical (unpaired) electrons. The first-order valence-electron chi connectivity index (χ1n) is 4.28. The fourth-order valence-corrected chi connectivity index (χ4v) is 1.74. The molecule has 0 unspecified atom stereocenters.